The molecule has 19 aromatic rings. The van der Waals surface area contributed by atoms with E-state index in [0.717, 1.165) is 133 Å². The molecule has 19 rings (SSSR count). The maximum absolute atomic E-state index is 5.97. The van der Waals surface area contributed by atoms with Gasteiger partial charge in [0, 0.05) is 72.3 Å². The fourth-order valence-corrected chi connectivity index (χ4v) is 15.0. The molecule has 428 valence electrons. The molecule has 0 spiro atoms. The van der Waals surface area contributed by atoms with Crippen molar-refractivity contribution in [3.05, 3.63) is 328 Å². The summed E-state index contributed by atoms with van der Waals surface area (Å²) in [6, 6.07) is 117. The van der Waals surface area contributed by atoms with Crippen molar-refractivity contribution in [2.75, 3.05) is 0 Å². The summed E-state index contributed by atoms with van der Waals surface area (Å²) in [4.78, 5) is 11.4. The SMILES string of the molecule is c1ccc(-c2cccc(-c3ccccc3)c2-c2ccnc3c(-n4c5ccccc5c5cc(-c6ccc7c(c6)c6ccccc6n7-c6ccccc6)ccc54)cc(-n4c5ccccc5c5cc(-c6ccc7c(c6)c6ccccc6n7-c6ccccc6)ccc54)nc23)cc1. The van der Waals surface area contributed by atoms with Gasteiger partial charge in [-0.1, -0.05) is 212 Å². The third-order valence-corrected chi connectivity index (χ3v) is 19.0. The Morgan fingerprint density at radius 2 is 0.565 bits per heavy atom. The second kappa shape index (κ2) is 20.6. The highest BCUT2D eigenvalue weighted by molar-refractivity contribution is 6.16. The highest BCUT2D eigenvalue weighted by Gasteiger charge is 2.25. The number of rotatable bonds is 9. The second-order valence-corrected chi connectivity index (χ2v) is 24.0. The van der Waals surface area contributed by atoms with Crippen LogP contribution in [0.5, 0.6) is 0 Å². The zero-order valence-corrected chi connectivity index (χ0v) is 49.9. The summed E-state index contributed by atoms with van der Waals surface area (Å²) in [6.07, 6.45) is 1.98. The zero-order valence-electron chi connectivity index (χ0n) is 49.9. The minimum atomic E-state index is 0.791. The largest absolute Gasteiger partial charge is 0.309 e. The third kappa shape index (κ3) is 7.94. The van der Waals surface area contributed by atoms with Crippen molar-refractivity contribution < 1.29 is 0 Å². The highest BCUT2D eigenvalue weighted by Crippen LogP contribution is 2.46. The molecular formula is C86H54N6. The maximum atomic E-state index is 5.97. The summed E-state index contributed by atoms with van der Waals surface area (Å²) in [5, 5.41) is 9.50. The van der Waals surface area contributed by atoms with Gasteiger partial charge in [0.15, 0.2) is 0 Å². The Labute approximate surface area is 529 Å². The number of benzene rings is 13. The van der Waals surface area contributed by atoms with Gasteiger partial charge >= 0.3 is 0 Å². The van der Waals surface area contributed by atoms with Crippen LogP contribution in [0.1, 0.15) is 0 Å². The Hall–Kier alpha value is -12.4. The van der Waals surface area contributed by atoms with Crippen LogP contribution in [0, 0.1) is 0 Å². The molecule has 92 heavy (non-hydrogen) atoms. The van der Waals surface area contributed by atoms with Crippen LogP contribution in [-0.2, 0) is 0 Å². The summed E-state index contributed by atoms with van der Waals surface area (Å²) in [5.41, 5.74) is 25.0. The molecule has 0 aliphatic rings. The lowest BCUT2D eigenvalue weighted by Crippen LogP contribution is -2.05. The lowest BCUT2D eigenvalue weighted by molar-refractivity contribution is 1.08. The Morgan fingerprint density at radius 1 is 0.217 bits per heavy atom. The van der Waals surface area contributed by atoms with Gasteiger partial charge < -0.3 is 13.7 Å². The molecule has 6 nitrogen and oxygen atoms in total. The molecule has 0 N–H and O–H groups in total. The quantitative estimate of drug-likeness (QED) is 0.145. The van der Waals surface area contributed by atoms with E-state index in [9.17, 15) is 0 Å². The summed E-state index contributed by atoms with van der Waals surface area (Å²) >= 11 is 0. The van der Waals surface area contributed by atoms with Gasteiger partial charge in [0.05, 0.1) is 49.8 Å². The van der Waals surface area contributed by atoms with Crippen molar-refractivity contribution in [2.45, 2.75) is 0 Å². The molecule has 6 heterocycles. The first-order valence-electron chi connectivity index (χ1n) is 31.5. The van der Waals surface area contributed by atoms with E-state index in [4.69, 9.17) is 9.97 Å². The van der Waals surface area contributed by atoms with E-state index in [1.54, 1.807) is 0 Å². The summed E-state index contributed by atoms with van der Waals surface area (Å²) in [6.45, 7) is 0. The molecule has 6 heteroatoms. The van der Waals surface area contributed by atoms with Gasteiger partial charge in [0.25, 0.3) is 0 Å². The predicted octanol–water partition coefficient (Wildman–Crippen LogP) is 22.4. The first kappa shape index (κ1) is 51.6. The molecule has 13 aromatic carbocycles. The van der Waals surface area contributed by atoms with Crippen molar-refractivity contribution in [3.8, 4) is 78.5 Å². The van der Waals surface area contributed by atoms with E-state index in [1.807, 2.05) is 6.20 Å². The fourth-order valence-electron chi connectivity index (χ4n) is 15.0. The number of pyridine rings is 2. The minimum absolute atomic E-state index is 0.791. The van der Waals surface area contributed by atoms with Gasteiger partial charge in [-0.25, -0.2) is 4.98 Å². The van der Waals surface area contributed by atoms with E-state index in [0.29, 0.717) is 0 Å². The van der Waals surface area contributed by atoms with Crippen molar-refractivity contribution in [1.82, 2.24) is 28.2 Å². The van der Waals surface area contributed by atoms with Crippen molar-refractivity contribution in [2.24, 2.45) is 0 Å². The average Bonchev–Trinajstić information content (AvgIpc) is 1.47. The average molecular weight is 1170 g/mol. The molecule has 0 fully saturated rings. The molecule has 0 saturated carbocycles. The van der Waals surface area contributed by atoms with E-state index in [2.05, 4.69) is 340 Å². The first-order chi connectivity index (χ1) is 45.7. The molecular weight excluding hydrogens is 1120 g/mol. The normalized spacial score (nSPS) is 11.9. The Kier molecular flexibility index (Phi) is 11.6. The van der Waals surface area contributed by atoms with E-state index in [1.165, 1.54) is 43.6 Å². The summed E-state index contributed by atoms with van der Waals surface area (Å²) in [7, 11) is 0. The smallest absolute Gasteiger partial charge is 0.140 e. The topological polar surface area (TPSA) is 45.5 Å². The Balaban J connectivity index is 0.851. The zero-order chi connectivity index (χ0) is 60.4. The molecule has 6 aromatic heterocycles. The monoisotopic (exact) mass is 1170 g/mol. The van der Waals surface area contributed by atoms with E-state index >= 15 is 0 Å². The lowest BCUT2D eigenvalue weighted by atomic mass is 9.87. The molecule has 0 unspecified atom stereocenters. The molecule has 0 atom stereocenters. The number of para-hydroxylation sites is 6. The number of hydrogen-bond donors (Lipinski definition) is 0. The van der Waals surface area contributed by atoms with Crippen LogP contribution in [0.25, 0.3) is 177 Å². The number of fused-ring (bicyclic) bond motifs is 13. The first-order valence-corrected chi connectivity index (χ1v) is 31.5. The predicted molar refractivity (Wildman–Crippen MR) is 384 cm³/mol. The molecule has 0 bridgehead atoms. The van der Waals surface area contributed by atoms with Gasteiger partial charge in [-0.2, -0.15) is 0 Å². The van der Waals surface area contributed by atoms with Gasteiger partial charge in [-0.3, -0.25) is 9.55 Å². The van der Waals surface area contributed by atoms with Gasteiger partial charge in [0.1, 0.15) is 16.9 Å². The molecule has 0 saturated heterocycles. The Bertz CT molecular complexity index is 6110. The third-order valence-electron chi connectivity index (χ3n) is 19.0. The maximum Gasteiger partial charge on any atom is 0.140 e. The number of nitrogens with zero attached hydrogens (tertiary/aromatic N) is 6. The number of aromatic nitrogens is 6. The van der Waals surface area contributed by atoms with E-state index < -0.39 is 0 Å². The summed E-state index contributed by atoms with van der Waals surface area (Å²) in [5.74, 6) is 0.791. The van der Waals surface area contributed by atoms with Crippen molar-refractivity contribution in [3.63, 3.8) is 0 Å². The standard InChI is InChI=1S/C86H54N6/c1-5-22-55(23-6-1)63-34-21-35-64(56-24-7-2-8-25-56)84(63)69-48-49-87-86-82(91-76-38-19-15-32-67(76)72-52-59(42-46-80(72)91)57-40-44-78-70(50-57)65-30-13-17-36-74(65)89(78)61-26-9-3-10-27-61)54-83(88-85(69)86)92-77-39-20-16-33-68(77)73-53-60(43-47-81(73)92)58-41-45-79-71(51-58)66-31-14-18-37-75(66)90(79)62-28-11-4-12-29-62/h1-54H. The molecule has 0 radical (unpaired) electrons. The van der Waals surface area contributed by atoms with Crippen LogP contribution in [0.2, 0.25) is 0 Å². The van der Waals surface area contributed by atoms with Crippen molar-refractivity contribution >= 4 is 98.3 Å². The van der Waals surface area contributed by atoms with Gasteiger partial charge in [0.2, 0.25) is 0 Å². The number of hydrogen-bond acceptors (Lipinski definition) is 2. The second-order valence-electron chi connectivity index (χ2n) is 24.0. The molecule has 0 aliphatic heterocycles. The van der Waals surface area contributed by atoms with Crippen LogP contribution >= 0.6 is 0 Å². The van der Waals surface area contributed by atoms with Crippen LogP contribution in [0.4, 0.5) is 0 Å². The summed E-state index contributed by atoms with van der Waals surface area (Å²) < 4.78 is 9.58. The van der Waals surface area contributed by atoms with Crippen LogP contribution < -0.4 is 0 Å². The highest BCUT2D eigenvalue weighted by atomic mass is 15.1. The molecule has 0 amide bonds. The van der Waals surface area contributed by atoms with Gasteiger partial charge in [-0.05, 0) is 153 Å². The lowest BCUT2D eigenvalue weighted by Gasteiger charge is -2.20. The van der Waals surface area contributed by atoms with Crippen LogP contribution in [0.3, 0.4) is 0 Å². The van der Waals surface area contributed by atoms with Crippen LogP contribution in [0.15, 0.2) is 328 Å². The molecule has 0 aliphatic carbocycles. The van der Waals surface area contributed by atoms with Crippen molar-refractivity contribution in [1.29, 1.82) is 0 Å². The Morgan fingerprint density at radius 3 is 1.00 bits per heavy atom. The minimum Gasteiger partial charge on any atom is -0.309 e. The fraction of sp³-hybridized carbons (Fsp3) is 0. The van der Waals surface area contributed by atoms with Gasteiger partial charge in [-0.15, -0.1) is 0 Å². The van der Waals surface area contributed by atoms with E-state index in [-0.39, 0.29) is 0 Å². The van der Waals surface area contributed by atoms with Crippen LogP contribution in [-0.4, -0.2) is 28.2 Å².